The Kier molecular flexibility index (Phi) is 6.93. The second-order valence-corrected chi connectivity index (χ2v) is 12.8. The lowest BCUT2D eigenvalue weighted by atomic mass is 9.68. The molecular weight excluding hydrogens is 482 g/mol. The van der Waals surface area contributed by atoms with E-state index in [0.717, 1.165) is 73.0 Å². The number of benzene rings is 2. The summed E-state index contributed by atoms with van der Waals surface area (Å²) in [4.78, 5) is 16.9. The molecule has 0 spiro atoms. The molecule has 3 aromatic rings. The van der Waals surface area contributed by atoms with E-state index in [1.807, 2.05) is 6.07 Å². The minimum atomic E-state index is 0.0699. The fourth-order valence-corrected chi connectivity index (χ4v) is 8.01. The van der Waals surface area contributed by atoms with Crippen LogP contribution >= 0.6 is 0 Å². The zero-order chi connectivity index (χ0) is 27.2. The van der Waals surface area contributed by atoms with Gasteiger partial charge in [-0.05, 0) is 54.1 Å². The lowest BCUT2D eigenvalue weighted by Crippen LogP contribution is -2.52. The number of aromatic nitrogens is 1. The number of rotatable bonds is 7. The predicted molar refractivity (Wildman–Crippen MR) is 158 cm³/mol. The minimum Gasteiger partial charge on any atom is -0.379 e. The number of fused-ring (bicyclic) bond motifs is 2. The Labute approximate surface area is 233 Å². The fraction of sp³-hybridized carbons (Fsp3) is 0.500. The van der Waals surface area contributed by atoms with Crippen LogP contribution in [0.25, 0.3) is 22.4 Å². The maximum Gasteiger partial charge on any atom is 0.254 e. The van der Waals surface area contributed by atoms with E-state index in [0.29, 0.717) is 5.92 Å². The molecule has 6 rings (SSSR count). The second kappa shape index (κ2) is 10.3. The normalized spacial score (nSPS) is 26.2. The summed E-state index contributed by atoms with van der Waals surface area (Å²) >= 11 is 0. The molecule has 2 bridgehead atoms. The average molecular weight is 526 g/mol. The van der Waals surface area contributed by atoms with Gasteiger partial charge in [-0.25, -0.2) is 0 Å². The lowest BCUT2D eigenvalue weighted by molar-refractivity contribution is 0.0364. The van der Waals surface area contributed by atoms with Crippen molar-refractivity contribution in [3.63, 3.8) is 0 Å². The first kappa shape index (κ1) is 26.3. The Balaban J connectivity index is 1.46. The van der Waals surface area contributed by atoms with Gasteiger partial charge in [-0.15, -0.1) is 0 Å². The predicted octanol–water partition coefficient (Wildman–Crippen LogP) is 6.41. The lowest BCUT2D eigenvalue weighted by Gasteiger charge is -2.43. The van der Waals surface area contributed by atoms with Crippen LogP contribution in [0.2, 0.25) is 0 Å². The molecule has 3 fully saturated rings. The van der Waals surface area contributed by atoms with Gasteiger partial charge in [0.25, 0.3) is 5.91 Å². The number of carbonyl (C=O) groups excluding carboxylic acids is 1. The van der Waals surface area contributed by atoms with Crippen molar-refractivity contribution in [3.05, 3.63) is 71.9 Å². The maximum absolute atomic E-state index is 14.5. The third kappa shape index (κ3) is 4.64. The summed E-state index contributed by atoms with van der Waals surface area (Å²) in [5.74, 6) is 0.751. The number of amides is 1. The van der Waals surface area contributed by atoms with Gasteiger partial charge in [0.2, 0.25) is 0 Å². The molecule has 1 aliphatic heterocycles. The number of ether oxygens (including phenoxy) is 1. The summed E-state index contributed by atoms with van der Waals surface area (Å²) < 4.78 is 7.99. The van der Waals surface area contributed by atoms with Gasteiger partial charge in [0.15, 0.2) is 0 Å². The first-order chi connectivity index (χ1) is 18.8. The summed E-state index contributed by atoms with van der Waals surface area (Å²) in [5.41, 5.74) is 6.56. The average Bonchev–Trinajstić information content (AvgIpc) is 3.55. The minimum absolute atomic E-state index is 0.0699. The van der Waals surface area contributed by atoms with E-state index >= 15 is 0 Å². The maximum atomic E-state index is 14.5. The third-order valence-electron chi connectivity index (χ3n) is 10.1. The van der Waals surface area contributed by atoms with Gasteiger partial charge in [-0.3, -0.25) is 9.69 Å². The van der Waals surface area contributed by atoms with Crippen molar-refractivity contribution in [2.75, 3.05) is 32.8 Å². The van der Waals surface area contributed by atoms with E-state index in [1.54, 1.807) is 0 Å². The first-order valence-corrected chi connectivity index (χ1v) is 14.7. The molecule has 206 valence electrons. The molecule has 3 atom stereocenters. The number of carbonyl (C=O) groups is 1. The van der Waals surface area contributed by atoms with Crippen molar-refractivity contribution in [2.24, 2.45) is 16.7 Å². The molecule has 5 nitrogen and oxygen atoms in total. The monoisotopic (exact) mass is 525 g/mol. The summed E-state index contributed by atoms with van der Waals surface area (Å²) in [6, 6.07) is 21.3. The number of hydrogen-bond donors (Lipinski definition) is 1. The molecule has 3 aliphatic rings. The van der Waals surface area contributed by atoms with Crippen molar-refractivity contribution < 1.29 is 9.53 Å². The number of hydrogen-bond acceptors (Lipinski definition) is 3. The molecular formula is C34H43N3O2. The van der Waals surface area contributed by atoms with Crippen LogP contribution in [0, 0.1) is 23.7 Å². The van der Waals surface area contributed by atoms with Crippen LogP contribution in [0.5, 0.6) is 0 Å². The zero-order valence-electron chi connectivity index (χ0n) is 24.0. The van der Waals surface area contributed by atoms with Crippen LogP contribution in [0.1, 0.15) is 56.1 Å². The van der Waals surface area contributed by atoms with Crippen LogP contribution in [0.4, 0.5) is 0 Å². The van der Waals surface area contributed by atoms with Crippen molar-refractivity contribution in [3.8, 4) is 22.4 Å². The van der Waals surface area contributed by atoms with Gasteiger partial charge < -0.3 is 14.6 Å². The Hall–Kier alpha value is -2.89. The van der Waals surface area contributed by atoms with Gasteiger partial charge in [0, 0.05) is 43.5 Å². The van der Waals surface area contributed by atoms with Gasteiger partial charge in [0.1, 0.15) is 0 Å². The van der Waals surface area contributed by atoms with Crippen LogP contribution in [0.15, 0.2) is 60.7 Å². The quantitative estimate of drug-likeness (QED) is 0.388. The van der Waals surface area contributed by atoms with E-state index in [2.05, 4.69) is 97.1 Å². The zero-order valence-corrected chi connectivity index (χ0v) is 24.0. The van der Waals surface area contributed by atoms with Gasteiger partial charge in [-0.2, -0.15) is 0 Å². The fourth-order valence-electron chi connectivity index (χ4n) is 8.01. The van der Waals surface area contributed by atoms with E-state index in [9.17, 15) is 4.79 Å². The van der Waals surface area contributed by atoms with Crippen LogP contribution in [-0.2, 0) is 11.3 Å². The highest BCUT2D eigenvalue weighted by atomic mass is 16.5. The first-order valence-electron chi connectivity index (χ1n) is 14.7. The third-order valence-corrected chi connectivity index (χ3v) is 10.1. The molecule has 0 radical (unpaired) electrons. The van der Waals surface area contributed by atoms with Crippen molar-refractivity contribution in [1.82, 2.24) is 14.8 Å². The van der Waals surface area contributed by atoms with Gasteiger partial charge in [0.05, 0.1) is 24.5 Å². The molecule has 5 heteroatoms. The van der Waals surface area contributed by atoms with Crippen LogP contribution < -0.4 is 5.32 Å². The Bertz CT molecular complexity index is 1320. The summed E-state index contributed by atoms with van der Waals surface area (Å²) in [6.45, 7) is 14.5. The van der Waals surface area contributed by atoms with E-state index in [4.69, 9.17) is 4.74 Å². The highest BCUT2D eigenvalue weighted by Crippen LogP contribution is 2.62. The Morgan fingerprint density at radius 3 is 2.21 bits per heavy atom. The van der Waals surface area contributed by atoms with Crippen molar-refractivity contribution >= 4 is 5.91 Å². The molecule has 2 aromatic carbocycles. The molecule has 2 aliphatic carbocycles. The summed E-state index contributed by atoms with van der Waals surface area (Å²) in [5, 5.41) is 3.63. The van der Waals surface area contributed by atoms with Crippen molar-refractivity contribution in [1.29, 1.82) is 0 Å². The Morgan fingerprint density at radius 1 is 0.949 bits per heavy atom. The summed E-state index contributed by atoms with van der Waals surface area (Å²) in [6.07, 6.45) is 3.69. The second-order valence-electron chi connectivity index (χ2n) is 12.8. The SMILES string of the molecule is Cc1c(C(=O)N[C@@H]2C(C)(C)C3CC[C@@]2(C)C3)c(-c2ccccc2)c(-c2ccccc2)n1CCN1CCOCC1. The van der Waals surface area contributed by atoms with E-state index in [1.165, 1.54) is 19.3 Å². The van der Waals surface area contributed by atoms with Crippen LogP contribution in [-0.4, -0.2) is 54.3 Å². The highest BCUT2D eigenvalue weighted by Gasteiger charge is 2.59. The number of nitrogens with zero attached hydrogens (tertiary/aromatic N) is 2. The molecule has 39 heavy (non-hydrogen) atoms. The summed E-state index contributed by atoms with van der Waals surface area (Å²) in [7, 11) is 0. The molecule has 1 saturated heterocycles. The molecule has 1 aromatic heterocycles. The standard InChI is InChI=1S/C34H43N3O2/c1-24-28(31(38)35-32-33(2,3)27-15-16-34(32,4)23-27)29(25-11-7-5-8-12-25)30(26-13-9-6-10-14-26)37(24)18-17-36-19-21-39-22-20-36/h5-14,27,32H,15-23H2,1-4H3,(H,35,38)/t27?,32-,34+/m1/s1. The van der Waals surface area contributed by atoms with E-state index in [-0.39, 0.29) is 22.8 Å². The topological polar surface area (TPSA) is 46.5 Å². The molecule has 1 unspecified atom stereocenters. The molecule has 2 heterocycles. The van der Waals surface area contributed by atoms with E-state index < -0.39 is 0 Å². The van der Waals surface area contributed by atoms with Gasteiger partial charge >= 0.3 is 0 Å². The number of nitrogens with one attached hydrogen (secondary N) is 1. The van der Waals surface area contributed by atoms with Crippen LogP contribution in [0.3, 0.4) is 0 Å². The molecule has 1 N–H and O–H groups in total. The smallest absolute Gasteiger partial charge is 0.254 e. The highest BCUT2D eigenvalue weighted by molar-refractivity contribution is 6.06. The largest absolute Gasteiger partial charge is 0.379 e. The molecule has 2 saturated carbocycles. The van der Waals surface area contributed by atoms with Gasteiger partial charge in [-0.1, -0.05) is 81.4 Å². The van der Waals surface area contributed by atoms with Crippen molar-refractivity contribution in [2.45, 2.75) is 59.5 Å². The Morgan fingerprint density at radius 2 is 1.59 bits per heavy atom. The number of morpholine rings is 1. The molecule has 1 amide bonds.